The van der Waals surface area contributed by atoms with Crippen LogP contribution in [0.5, 0.6) is 5.75 Å². The monoisotopic (exact) mass is 272 g/mol. The van der Waals surface area contributed by atoms with E-state index in [1.807, 2.05) is 0 Å². The highest BCUT2D eigenvalue weighted by Crippen LogP contribution is 2.21. The van der Waals surface area contributed by atoms with Gasteiger partial charge in [-0.05, 0) is 25.1 Å². The molecule has 0 spiro atoms. The normalized spacial score (nSPS) is 10.1. The van der Waals surface area contributed by atoms with Crippen molar-refractivity contribution in [3.63, 3.8) is 0 Å². The molecule has 3 N–H and O–H groups in total. The molecule has 1 heterocycles. The van der Waals surface area contributed by atoms with Gasteiger partial charge in [0.1, 0.15) is 5.75 Å². The predicted molar refractivity (Wildman–Crippen MR) is 70.9 cm³/mol. The average molecular weight is 273 g/mol. The topological polar surface area (TPSA) is 68.1 Å². The molecule has 1 aromatic carbocycles. The van der Waals surface area contributed by atoms with Gasteiger partial charge in [-0.1, -0.05) is 0 Å². The third-order valence-corrected chi connectivity index (χ3v) is 2.37. The Bertz CT molecular complexity index is 586. The quantitative estimate of drug-likeness (QED) is 0.834. The molecule has 0 bridgehead atoms. The van der Waals surface area contributed by atoms with E-state index in [2.05, 4.69) is 4.98 Å². The van der Waals surface area contributed by atoms with Crippen molar-refractivity contribution in [3.05, 3.63) is 40.4 Å². The van der Waals surface area contributed by atoms with Crippen LogP contribution in [0.4, 0.5) is 4.39 Å². The molecule has 4 nitrogen and oxygen atoms in total. The molecule has 6 heteroatoms. The number of nitrogens with one attached hydrogen (secondary N) is 1. The zero-order chi connectivity index (χ0) is 12.3. The highest BCUT2D eigenvalue weighted by molar-refractivity contribution is 5.85. The molecule has 0 unspecified atom stereocenters. The maximum absolute atomic E-state index is 13.7. The third kappa shape index (κ3) is 3.21. The summed E-state index contributed by atoms with van der Waals surface area (Å²) < 4.78 is 19.0. The number of benzene rings is 1. The Morgan fingerprint density at radius 3 is 2.83 bits per heavy atom. The highest BCUT2D eigenvalue weighted by atomic mass is 35.5. The largest absolute Gasteiger partial charge is 0.493 e. The van der Waals surface area contributed by atoms with Crippen molar-refractivity contribution in [1.29, 1.82) is 0 Å². The van der Waals surface area contributed by atoms with E-state index < -0.39 is 5.82 Å². The molecule has 0 radical (unpaired) electrons. The lowest BCUT2D eigenvalue weighted by molar-refractivity contribution is 0.312. The van der Waals surface area contributed by atoms with Crippen LogP contribution in [0.3, 0.4) is 0 Å². The lowest BCUT2D eigenvalue weighted by atomic mass is 10.2. The fourth-order valence-electron chi connectivity index (χ4n) is 1.55. The van der Waals surface area contributed by atoms with Crippen molar-refractivity contribution in [2.45, 2.75) is 6.42 Å². The van der Waals surface area contributed by atoms with Gasteiger partial charge in [-0.15, -0.1) is 12.4 Å². The van der Waals surface area contributed by atoms with Gasteiger partial charge in [0.2, 0.25) is 5.56 Å². The number of aromatic amines is 1. The van der Waals surface area contributed by atoms with Crippen LogP contribution in [0, 0.1) is 5.82 Å². The van der Waals surface area contributed by atoms with Crippen LogP contribution in [0.15, 0.2) is 29.1 Å². The summed E-state index contributed by atoms with van der Waals surface area (Å²) in [6, 6.07) is 5.86. The second-order valence-electron chi connectivity index (χ2n) is 3.68. The minimum absolute atomic E-state index is 0. The molecule has 0 aliphatic carbocycles. The molecule has 0 aliphatic heterocycles. The maximum atomic E-state index is 13.7. The van der Waals surface area contributed by atoms with Gasteiger partial charge >= 0.3 is 0 Å². The van der Waals surface area contributed by atoms with Crippen LogP contribution < -0.4 is 16.0 Å². The number of ether oxygens (including phenoxy) is 1. The third-order valence-electron chi connectivity index (χ3n) is 2.37. The number of rotatable bonds is 4. The summed E-state index contributed by atoms with van der Waals surface area (Å²) in [6.45, 7) is 0.980. The Hall–Kier alpha value is -1.59. The van der Waals surface area contributed by atoms with Gasteiger partial charge < -0.3 is 15.5 Å². The van der Waals surface area contributed by atoms with Gasteiger partial charge in [-0.2, -0.15) is 0 Å². The zero-order valence-electron chi connectivity index (χ0n) is 9.61. The second kappa shape index (κ2) is 6.37. The molecule has 0 saturated carbocycles. The lowest BCUT2D eigenvalue weighted by Crippen LogP contribution is -2.07. The standard InChI is InChI=1S/C12H13FN2O2.ClH/c13-10-7-9(17-5-1-4-14)6-8-2-3-11(16)15-12(8)10;/h2-3,6-7H,1,4-5,14H2,(H,15,16);1H. The van der Waals surface area contributed by atoms with E-state index in [0.717, 1.165) is 0 Å². The van der Waals surface area contributed by atoms with Crippen LogP contribution >= 0.6 is 12.4 Å². The van der Waals surface area contributed by atoms with E-state index >= 15 is 0 Å². The fraction of sp³-hybridized carbons (Fsp3) is 0.250. The summed E-state index contributed by atoms with van der Waals surface area (Å²) in [4.78, 5) is 13.5. The van der Waals surface area contributed by atoms with E-state index in [-0.39, 0.29) is 23.5 Å². The van der Waals surface area contributed by atoms with Crippen LogP contribution in [0.1, 0.15) is 6.42 Å². The van der Waals surface area contributed by atoms with Crippen LogP contribution in [-0.2, 0) is 0 Å². The molecule has 0 fully saturated rings. The van der Waals surface area contributed by atoms with Gasteiger partial charge in [0.05, 0.1) is 12.1 Å². The first-order valence-electron chi connectivity index (χ1n) is 5.36. The van der Waals surface area contributed by atoms with Crippen LogP contribution in [-0.4, -0.2) is 18.1 Å². The van der Waals surface area contributed by atoms with Crippen molar-refractivity contribution < 1.29 is 9.13 Å². The smallest absolute Gasteiger partial charge is 0.248 e. The first kappa shape index (κ1) is 14.5. The molecule has 0 aliphatic rings. The minimum Gasteiger partial charge on any atom is -0.493 e. The van der Waals surface area contributed by atoms with E-state index in [1.54, 1.807) is 12.1 Å². The fourth-order valence-corrected chi connectivity index (χ4v) is 1.55. The molecular formula is C12H14ClFN2O2. The van der Waals surface area contributed by atoms with Gasteiger partial charge in [0.15, 0.2) is 5.82 Å². The SMILES string of the molecule is Cl.NCCCOc1cc(F)c2[nH]c(=O)ccc2c1. The molecule has 18 heavy (non-hydrogen) atoms. The lowest BCUT2D eigenvalue weighted by Gasteiger charge is -2.07. The van der Waals surface area contributed by atoms with Crippen LogP contribution in [0.2, 0.25) is 0 Å². The van der Waals surface area contributed by atoms with Crippen molar-refractivity contribution in [3.8, 4) is 5.75 Å². The van der Waals surface area contributed by atoms with Crippen molar-refractivity contribution in [2.75, 3.05) is 13.2 Å². The van der Waals surface area contributed by atoms with Gasteiger partial charge in [0, 0.05) is 17.5 Å². The Balaban J connectivity index is 0.00000162. The Morgan fingerprint density at radius 1 is 1.33 bits per heavy atom. The number of halogens is 2. The minimum atomic E-state index is -0.497. The summed E-state index contributed by atoms with van der Waals surface area (Å²) in [5, 5.41) is 0.604. The van der Waals surface area contributed by atoms with E-state index in [4.69, 9.17) is 10.5 Å². The molecule has 2 rings (SSSR count). The first-order chi connectivity index (χ1) is 8.20. The van der Waals surface area contributed by atoms with Crippen molar-refractivity contribution in [1.82, 2.24) is 4.98 Å². The molecular weight excluding hydrogens is 259 g/mol. The number of nitrogens with two attached hydrogens (primary N) is 1. The van der Waals surface area contributed by atoms with Crippen molar-refractivity contribution >= 4 is 23.3 Å². The number of H-pyrrole nitrogens is 1. The number of aromatic nitrogens is 1. The maximum Gasteiger partial charge on any atom is 0.248 e. The average Bonchev–Trinajstić information content (AvgIpc) is 2.31. The second-order valence-corrected chi connectivity index (χ2v) is 3.68. The Kier molecular flexibility index (Phi) is 5.12. The summed E-state index contributed by atoms with van der Waals surface area (Å²) in [6.07, 6.45) is 0.714. The first-order valence-corrected chi connectivity index (χ1v) is 5.36. The zero-order valence-corrected chi connectivity index (χ0v) is 10.4. The predicted octanol–water partition coefficient (Wildman–Crippen LogP) is 1.82. The Labute approximate surface area is 109 Å². The summed E-state index contributed by atoms with van der Waals surface area (Å²) in [7, 11) is 0. The summed E-state index contributed by atoms with van der Waals surface area (Å²) in [5.74, 6) is -0.0570. The number of hydrogen-bond donors (Lipinski definition) is 2. The number of pyridine rings is 1. The molecule has 0 amide bonds. The number of fused-ring (bicyclic) bond motifs is 1. The molecule has 1 aromatic heterocycles. The molecule has 0 atom stereocenters. The van der Waals surface area contributed by atoms with Crippen LogP contribution in [0.25, 0.3) is 10.9 Å². The van der Waals surface area contributed by atoms with Gasteiger partial charge in [0.25, 0.3) is 0 Å². The van der Waals surface area contributed by atoms with Crippen molar-refractivity contribution in [2.24, 2.45) is 5.73 Å². The summed E-state index contributed by atoms with van der Waals surface area (Å²) in [5.41, 5.74) is 5.21. The van der Waals surface area contributed by atoms with Gasteiger partial charge in [-0.3, -0.25) is 4.79 Å². The summed E-state index contributed by atoms with van der Waals surface area (Å²) >= 11 is 0. The molecule has 0 saturated heterocycles. The van der Waals surface area contributed by atoms with Gasteiger partial charge in [-0.25, -0.2) is 4.39 Å². The number of hydrogen-bond acceptors (Lipinski definition) is 3. The molecule has 98 valence electrons. The highest BCUT2D eigenvalue weighted by Gasteiger charge is 2.05. The Morgan fingerprint density at radius 2 is 2.11 bits per heavy atom. The molecule has 2 aromatic rings. The van der Waals surface area contributed by atoms with E-state index in [0.29, 0.717) is 30.7 Å². The van der Waals surface area contributed by atoms with E-state index in [9.17, 15) is 9.18 Å². The van der Waals surface area contributed by atoms with E-state index in [1.165, 1.54) is 12.1 Å².